The lowest BCUT2D eigenvalue weighted by molar-refractivity contribution is 0.100. The summed E-state index contributed by atoms with van der Waals surface area (Å²) >= 11 is 5.25. The number of rotatable bonds is 6. The average molecular weight is 333 g/mol. The summed E-state index contributed by atoms with van der Waals surface area (Å²) in [6.45, 7) is 4.59. The molecule has 0 saturated carbocycles. The van der Waals surface area contributed by atoms with Crippen LogP contribution in [-0.2, 0) is 6.54 Å². The summed E-state index contributed by atoms with van der Waals surface area (Å²) in [5, 5.41) is 15.4. The van der Waals surface area contributed by atoms with Crippen molar-refractivity contribution in [2.24, 2.45) is 0 Å². The molecular formula is C13H21BrN2OS. The van der Waals surface area contributed by atoms with Gasteiger partial charge in [0.05, 0.1) is 6.10 Å². The lowest BCUT2D eigenvalue weighted by Gasteiger charge is -2.28. The van der Waals surface area contributed by atoms with Crippen LogP contribution in [0.15, 0.2) is 15.9 Å². The molecule has 1 aliphatic heterocycles. The van der Waals surface area contributed by atoms with Crippen LogP contribution >= 0.6 is 27.3 Å². The zero-order chi connectivity index (χ0) is 12.8. The topological polar surface area (TPSA) is 35.5 Å². The first-order valence-corrected chi connectivity index (χ1v) is 8.26. The minimum atomic E-state index is -0.262. The van der Waals surface area contributed by atoms with E-state index in [2.05, 4.69) is 37.6 Å². The third kappa shape index (κ3) is 4.63. The van der Waals surface area contributed by atoms with Crippen LogP contribution in [0.3, 0.4) is 0 Å². The minimum absolute atomic E-state index is 0.262. The van der Waals surface area contributed by atoms with Crippen LogP contribution in [0.2, 0.25) is 0 Å². The highest BCUT2D eigenvalue weighted by Gasteiger charge is 2.14. The molecule has 1 saturated heterocycles. The number of hydrogen-bond acceptors (Lipinski definition) is 4. The van der Waals surface area contributed by atoms with Crippen LogP contribution in [-0.4, -0.2) is 42.3 Å². The maximum Gasteiger partial charge on any atom is 0.0791 e. The second kappa shape index (κ2) is 7.60. The third-order valence-corrected chi connectivity index (χ3v) is 5.20. The van der Waals surface area contributed by atoms with Crippen LogP contribution in [0.5, 0.6) is 0 Å². The molecule has 102 valence electrons. The van der Waals surface area contributed by atoms with Gasteiger partial charge >= 0.3 is 0 Å². The minimum Gasteiger partial charge on any atom is -0.390 e. The van der Waals surface area contributed by atoms with Gasteiger partial charge in [-0.3, -0.25) is 0 Å². The first kappa shape index (κ1) is 14.5. The molecule has 0 spiro atoms. The molecule has 0 aromatic carbocycles. The molecule has 0 aliphatic carbocycles. The van der Waals surface area contributed by atoms with E-state index < -0.39 is 0 Å². The van der Waals surface area contributed by atoms with Gasteiger partial charge in [0.15, 0.2) is 0 Å². The van der Waals surface area contributed by atoms with Gasteiger partial charge in [0.1, 0.15) is 0 Å². The zero-order valence-corrected chi connectivity index (χ0v) is 13.0. The van der Waals surface area contributed by atoms with Crippen molar-refractivity contribution >= 4 is 27.3 Å². The van der Waals surface area contributed by atoms with Crippen molar-refractivity contribution in [3.8, 4) is 0 Å². The Bertz CT molecular complexity index is 353. The normalized spacial score (nSPS) is 19.0. The van der Waals surface area contributed by atoms with E-state index in [-0.39, 0.29) is 6.10 Å². The number of halogens is 1. The van der Waals surface area contributed by atoms with Crippen molar-refractivity contribution < 1.29 is 5.11 Å². The number of thiophene rings is 1. The van der Waals surface area contributed by atoms with Crippen molar-refractivity contribution in [3.05, 3.63) is 20.8 Å². The van der Waals surface area contributed by atoms with E-state index in [4.69, 9.17) is 0 Å². The monoisotopic (exact) mass is 332 g/mol. The lowest BCUT2D eigenvalue weighted by Crippen LogP contribution is -2.40. The van der Waals surface area contributed by atoms with Crippen LogP contribution in [0.25, 0.3) is 0 Å². The predicted octanol–water partition coefficient (Wildman–Crippen LogP) is 2.45. The Morgan fingerprint density at radius 1 is 1.39 bits per heavy atom. The maximum atomic E-state index is 9.99. The number of nitrogens with one attached hydrogen (secondary N) is 1. The van der Waals surface area contributed by atoms with Gasteiger partial charge in [0.2, 0.25) is 0 Å². The first-order valence-electron chi connectivity index (χ1n) is 6.58. The summed E-state index contributed by atoms with van der Waals surface area (Å²) in [5.41, 5.74) is 0. The predicted molar refractivity (Wildman–Crippen MR) is 80.0 cm³/mol. The fraction of sp³-hybridized carbons (Fsp3) is 0.692. The molecule has 1 aromatic rings. The van der Waals surface area contributed by atoms with E-state index in [0.717, 1.165) is 30.7 Å². The van der Waals surface area contributed by atoms with Gasteiger partial charge in [-0.1, -0.05) is 6.42 Å². The Morgan fingerprint density at radius 3 is 2.83 bits per heavy atom. The number of hydrogen-bond donors (Lipinski definition) is 2. The van der Waals surface area contributed by atoms with Crippen LogP contribution in [0, 0.1) is 0 Å². The van der Waals surface area contributed by atoms with Crippen molar-refractivity contribution in [3.63, 3.8) is 0 Å². The van der Waals surface area contributed by atoms with Gasteiger partial charge in [-0.25, -0.2) is 0 Å². The van der Waals surface area contributed by atoms with Gasteiger partial charge in [-0.05, 0) is 53.3 Å². The molecule has 0 bridgehead atoms. The third-order valence-electron chi connectivity index (χ3n) is 3.27. The van der Waals surface area contributed by atoms with Crippen LogP contribution in [0.4, 0.5) is 0 Å². The van der Waals surface area contributed by atoms with E-state index >= 15 is 0 Å². The second-order valence-corrected chi connectivity index (χ2v) is 6.69. The van der Waals surface area contributed by atoms with Gasteiger partial charge in [0.25, 0.3) is 0 Å². The molecule has 3 nitrogen and oxygen atoms in total. The number of β-amino-alcohol motifs (C(OH)–C–C–N with tert-alkyl or cyclic N) is 1. The summed E-state index contributed by atoms with van der Waals surface area (Å²) in [5.74, 6) is 0. The smallest absolute Gasteiger partial charge is 0.0791 e. The summed E-state index contributed by atoms with van der Waals surface area (Å²) in [4.78, 5) is 3.66. The molecule has 2 N–H and O–H groups in total. The van der Waals surface area contributed by atoms with Gasteiger partial charge in [-0.2, -0.15) is 0 Å². The highest BCUT2D eigenvalue weighted by atomic mass is 79.9. The van der Waals surface area contributed by atoms with Crippen LogP contribution < -0.4 is 5.32 Å². The molecular weight excluding hydrogens is 312 g/mol. The quantitative estimate of drug-likeness (QED) is 0.839. The van der Waals surface area contributed by atoms with E-state index in [1.807, 2.05) is 0 Å². The molecule has 1 aromatic heterocycles. The van der Waals surface area contributed by atoms with Crippen molar-refractivity contribution in [2.45, 2.75) is 31.9 Å². The summed E-state index contributed by atoms with van der Waals surface area (Å²) < 4.78 is 1.16. The van der Waals surface area contributed by atoms with Gasteiger partial charge < -0.3 is 15.3 Å². The summed E-state index contributed by atoms with van der Waals surface area (Å²) in [7, 11) is 0. The number of piperidine rings is 1. The lowest BCUT2D eigenvalue weighted by atomic mass is 10.1. The highest BCUT2D eigenvalue weighted by Crippen LogP contribution is 2.22. The van der Waals surface area contributed by atoms with E-state index in [1.165, 1.54) is 24.1 Å². The van der Waals surface area contributed by atoms with Crippen LogP contribution in [0.1, 0.15) is 24.1 Å². The van der Waals surface area contributed by atoms with Crippen molar-refractivity contribution in [1.29, 1.82) is 0 Å². The number of aliphatic hydroxyl groups is 1. The molecule has 0 radical (unpaired) electrons. The molecule has 2 rings (SSSR count). The maximum absolute atomic E-state index is 9.99. The molecule has 2 heterocycles. The first-order chi connectivity index (χ1) is 8.75. The Hall–Kier alpha value is 0.0600. The molecule has 1 atom stereocenters. The number of nitrogens with zero attached hydrogens (tertiary/aromatic N) is 1. The number of aliphatic hydroxyl groups excluding tert-OH is 1. The standard InChI is InChI=1S/C13H21BrN2OS/c14-12-4-7-18-13(12)9-15-8-11(17)10-16-5-2-1-3-6-16/h4,7,11,15,17H,1-3,5-6,8-10H2/t11-/m1/s1. The van der Waals surface area contributed by atoms with Gasteiger partial charge in [0, 0.05) is 29.0 Å². The van der Waals surface area contributed by atoms with E-state index in [9.17, 15) is 5.11 Å². The Kier molecular flexibility index (Phi) is 6.11. The molecule has 0 unspecified atom stereocenters. The molecule has 5 heteroatoms. The average Bonchev–Trinajstić information content (AvgIpc) is 2.76. The Labute approximate surface area is 121 Å². The summed E-state index contributed by atoms with van der Waals surface area (Å²) in [6.07, 6.45) is 3.64. The van der Waals surface area contributed by atoms with Crippen molar-refractivity contribution in [2.75, 3.05) is 26.2 Å². The Balaban J connectivity index is 1.62. The van der Waals surface area contributed by atoms with E-state index in [1.54, 1.807) is 11.3 Å². The van der Waals surface area contributed by atoms with Crippen molar-refractivity contribution in [1.82, 2.24) is 10.2 Å². The fourth-order valence-electron chi connectivity index (χ4n) is 2.31. The molecule has 1 fully saturated rings. The largest absolute Gasteiger partial charge is 0.390 e. The molecule has 1 aliphatic rings. The number of likely N-dealkylation sites (tertiary alicyclic amines) is 1. The molecule has 18 heavy (non-hydrogen) atoms. The zero-order valence-electron chi connectivity index (χ0n) is 10.6. The highest BCUT2D eigenvalue weighted by molar-refractivity contribution is 9.10. The van der Waals surface area contributed by atoms with E-state index in [0.29, 0.717) is 6.54 Å². The van der Waals surface area contributed by atoms with Gasteiger partial charge in [-0.15, -0.1) is 11.3 Å². The summed E-state index contributed by atoms with van der Waals surface area (Å²) in [6, 6.07) is 2.06. The second-order valence-electron chi connectivity index (χ2n) is 4.84. The fourth-order valence-corrected chi connectivity index (χ4v) is 3.77. The SMILES string of the molecule is O[C@H](CNCc1sccc1Br)CN1CCCCC1. The molecule has 0 amide bonds. The Morgan fingerprint density at radius 2 is 2.17 bits per heavy atom.